The summed E-state index contributed by atoms with van der Waals surface area (Å²) in [7, 11) is 1.22. The summed E-state index contributed by atoms with van der Waals surface area (Å²) in [5, 5.41) is 137. The molecule has 1 unspecified atom stereocenters. The maximum atomic E-state index is 12.6. The summed E-state index contributed by atoms with van der Waals surface area (Å²) in [6.45, 7) is -0.000821. The number of aliphatic hydroxyl groups is 10. The van der Waals surface area contributed by atoms with Gasteiger partial charge >= 0.3 is 5.97 Å². The zero-order valence-electron chi connectivity index (χ0n) is 34.9. The molecule has 66 heavy (non-hydrogen) atoms. The van der Waals surface area contributed by atoms with E-state index >= 15 is 0 Å². The van der Waals surface area contributed by atoms with Crippen molar-refractivity contribution >= 4 is 18.1 Å². The van der Waals surface area contributed by atoms with Crippen molar-refractivity contribution in [2.24, 2.45) is 0 Å². The van der Waals surface area contributed by atoms with Crippen molar-refractivity contribution in [3.8, 4) is 40.2 Å². The predicted octanol–water partition coefficient (Wildman–Crippen LogP) is -2.03. The summed E-state index contributed by atoms with van der Waals surface area (Å²) in [5.74, 6) is -3.22. The van der Waals surface area contributed by atoms with Crippen LogP contribution in [0.4, 0.5) is 0 Å². The van der Waals surface area contributed by atoms with Gasteiger partial charge in [0.15, 0.2) is 29.7 Å². The van der Waals surface area contributed by atoms with Crippen LogP contribution in [-0.2, 0) is 33.2 Å². The van der Waals surface area contributed by atoms with Crippen molar-refractivity contribution in [3.05, 3.63) is 77.1 Å². The molecule has 360 valence electrons. The standard InChI is InChI=1S/C43H50O23/c1-16-39(66-29(48)8-5-17-3-6-19(45)7-4-17)35(54)38(57)41(60-16)59-15-28-32(51)34(53)37(56)43(65-28)63-26-13-21-23(61-40(26)18-9-22(47)30(49)25(10-18)58-2)11-20(46)12-24(21)62-42-36(55)33(52)31(50)27(14-44)64-42/h3-13,16,27-28,31-47,49-57H,14-15H2,1-2H3/p+1/t16-,27+,28+,31+,32+,33-,34-,35-,36+,37+,38+,39-,40?,41+,42+,43+/m0/s1. The fourth-order valence-electron chi connectivity index (χ4n) is 7.63. The third-order valence-corrected chi connectivity index (χ3v) is 11.3. The third-order valence-electron chi connectivity index (χ3n) is 11.3. The van der Waals surface area contributed by atoms with Gasteiger partial charge in [-0.1, -0.05) is 12.1 Å². The highest BCUT2D eigenvalue weighted by Crippen LogP contribution is 2.49. The molecule has 16 atom stereocenters. The van der Waals surface area contributed by atoms with E-state index < -0.39 is 135 Å². The first-order chi connectivity index (χ1) is 31.4. The average Bonchev–Trinajstić information content (AvgIpc) is 3.29. The Kier molecular flexibility index (Phi) is 14.8. The van der Waals surface area contributed by atoms with Crippen LogP contribution >= 0.6 is 0 Å². The number of benzene rings is 3. The maximum Gasteiger partial charge on any atom is 0.331 e. The summed E-state index contributed by atoms with van der Waals surface area (Å²) in [6, 6.07) is 10.6. The highest BCUT2D eigenvalue weighted by atomic mass is 16.7. The van der Waals surface area contributed by atoms with E-state index in [0.29, 0.717) is 5.56 Å². The third kappa shape index (κ3) is 10.1. The number of carbonyl (C=O) groups excluding carboxylic acids is 1. The van der Waals surface area contributed by atoms with Gasteiger partial charge in [-0.15, -0.1) is 0 Å². The van der Waals surface area contributed by atoms with Crippen molar-refractivity contribution in [1.82, 2.24) is 0 Å². The molecule has 4 heterocycles. The number of aliphatic hydroxyl groups excluding tert-OH is 9. The number of carbonyl (C=O) groups is 1. The molecular weight excluding hydrogens is 884 g/mol. The van der Waals surface area contributed by atoms with E-state index in [4.69, 9.17) is 37.9 Å². The van der Waals surface area contributed by atoms with Crippen LogP contribution < -0.4 is 9.47 Å². The molecule has 3 fully saturated rings. The highest BCUT2D eigenvalue weighted by molar-refractivity contribution is 5.87. The lowest BCUT2D eigenvalue weighted by atomic mass is 9.97. The van der Waals surface area contributed by atoms with Crippen LogP contribution in [0.15, 0.2) is 60.4 Å². The number of phenols is 4. The fourth-order valence-corrected chi connectivity index (χ4v) is 7.63. The normalized spacial score (nSPS) is 34.4. The number of aromatic hydroxyl groups is 5. The molecule has 0 aromatic heterocycles. The van der Waals surface area contributed by atoms with Crippen molar-refractivity contribution in [1.29, 1.82) is 0 Å². The molecule has 23 nitrogen and oxygen atoms in total. The molecule has 4 aliphatic rings. The second-order valence-corrected chi connectivity index (χ2v) is 15.8. The molecule has 0 spiro atoms. The Morgan fingerprint density at radius 1 is 0.712 bits per heavy atom. The number of fused-ring (bicyclic) bond motifs is 1. The molecule has 0 radical (unpaired) electrons. The Morgan fingerprint density at radius 3 is 2.02 bits per heavy atom. The number of hydrogen-bond acceptors (Lipinski definition) is 22. The summed E-state index contributed by atoms with van der Waals surface area (Å²) in [6.07, 6.45) is -22.8. The molecule has 14 N–H and O–H groups in total. The number of rotatable bonds is 13. The van der Waals surface area contributed by atoms with Crippen molar-refractivity contribution in [2.45, 2.75) is 105 Å². The van der Waals surface area contributed by atoms with E-state index in [9.17, 15) is 71.2 Å². The summed E-state index contributed by atoms with van der Waals surface area (Å²) in [5.41, 5.74) is 0.677. The summed E-state index contributed by atoms with van der Waals surface area (Å²) >= 11 is 0. The molecule has 4 aliphatic heterocycles. The van der Waals surface area contributed by atoms with E-state index in [1.807, 2.05) is 0 Å². The van der Waals surface area contributed by atoms with Gasteiger partial charge in [-0.3, -0.25) is 0 Å². The van der Waals surface area contributed by atoms with Gasteiger partial charge in [-0.25, -0.2) is 4.79 Å². The van der Waals surface area contributed by atoms with E-state index in [-0.39, 0.29) is 39.9 Å². The van der Waals surface area contributed by atoms with Gasteiger partial charge in [-0.2, -0.15) is 0 Å². The smallest absolute Gasteiger partial charge is 0.331 e. The minimum absolute atomic E-state index is 0.00433. The van der Waals surface area contributed by atoms with Gasteiger partial charge < -0.3 is 109 Å². The Hall–Kier alpha value is -5.51. The maximum absolute atomic E-state index is 12.6. The van der Waals surface area contributed by atoms with E-state index in [0.717, 1.165) is 18.2 Å². The SMILES string of the molecule is COc1cc(C2[OH+]c3cc(O)cc(O[C@@H]4O[C@H](CO)[C@@H](O)[C@H](O)[C@H]4O)c3C=C2O[C@@H]2O[C@H](CO[C@@H]3O[C@@H](C)[C@H](OC(=O)C=Cc4ccc(O)cc4)[C@@H](O)[C@H]3O)[C@@H](O)[C@H](O)[C@H]2O)cc(O)c1O. The van der Waals surface area contributed by atoms with Crippen LogP contribution in [0.5, 0.6) is 40.2 Å². The first-order valence-electron chi connectivity index (χ1n) is 20.4. The molecule has 0 saturated carbocycles. The largest absolute Gasteiger partial charge is 0.571 e. The zero-order valence-corrected chi connectivity index (χ0v) is 34.9. The lowest BCUT2D eigenvalue weighted by Gasteiger charge is -2.43. The minimum Gasteiger partial charge on any atom is -0.571 e. The quantitative estimate of drug-likeness (QED) is 0.0380. The van der Waals surface area contributed by atoms with Crippen molar-refractivity contribution < 1.29 is 114 Å². The zero-order chi connectivity index (χ0) is 47.7. The summed E-state index contributed by atoms with van der Waals surface area (Å²) in [4.78, 5) is 12.6. The van der Waals surface area contributed by atoms with Crippen molar-refractivity contribution in [3.63, 3.8) is 0 Å². The lowest BCUT2D eigenvalue weighted by molar-refractivity contribution is -0.325. The van der Waals surface area contributed by atoms with Gasteiger partial charge in [0.1, 0.15) is 83.9 Å². The van der Waals surface area contributed by atoms with E-state index in [1.165, 1.54) is 50.5 Å². The molecular formula is C43H51O23+. The van der Waals surface area contributed by atoms with Crippen molar-refractivity contribution in [2.75, 3.05) is 20.3 Å². The van der Waals surface area contributed by atoms with Crippen LogP contribution in [0.3, 0.4) is 0 Å². The molecule has 0 bridgehead atoms. The van der Waals surface area contributed by atoms with Crippen LogP contribution in [-0.4, -0.2) is 190 Å². The number of ether oxygens (including phenoxy) is 9. The number of hydrogen-bond donors (Lipinski definition) is 13. The van der Waals surface area contributed by atoms with E-state index in [1.54, 1.807) is 12.1 Å². The highest BCUT2D eigenvalue weighted by Gasteiger charge is 2.50. The first kappa shape index (κ1) is 48.4. The van der Waals surface area contributed by atoms with Gasteiger partial charge in [0.2, 0.25) is 18.3 Å². The lowest BCUT2D eigenvalue weighted by Crippen LogP contribution is -2.61. The van der Waals surface area contributed by atoms with Crippen LogP contribution in [0.2, 0.25) is 0 Å². The molecule has 0 aliphatic carbocycles. The van der Waals surface area contributed by atoms with Crippen LogP contribution in [0.25, 0.3) is 12.2 Å². The van der Waals surface area contributed by atoms with Gasteiger partial charge in [-0.05, 0) is 42.8 Å². The predicted molar refractivity (Wildman–Crippen MR) is 218 cm³/mol. The number of esters is 1. The summed E-state index contributed by atoms with van der Waals surface area (Å²) < 4.78 is 50.0. The Labute approximate surface area is 374 Å². The number of methoxy groups -OCH3 is 1. The fraction of sp³-hybridized carbons (Fsp3) is 0.465. The first-order valence-corrected chi connectivity index (χ1v) is 20.4. The minimum atomic E-state index is -1.98. The molecule has 0 amide bonds. The second-order valence-electron chi connectivity index (χ2n) is 15.8. The van der Waals surface area contributed by atoms with Gasteiger partial charge in [0.25, 0.3) is 11.9 Å². The molecule has 3 aromatic carbocycles. The molecule has 23 heteroatoms. The van der Waals surface area contributed by atoms with Gasteiger partial charge in [0.05, 0.1) is 38.1 Å². The Balaban J connectivity index is 1.11. The topological polar surface area (TPSA) is 367 Å². The van der Waals surface area contributed by atoms with E-state index in [2.05, 4.69) is 4.74 Å². The second kappa shape index (κ2) is 20.2. The van der Waals surface area contributed by atoms with Crippen LogP contribution in [0, 0.1) is 0 Å². The number of phenolic OH excluding ortho intramolecular Hbond substituents is 4. The molecule has 3 saturated heterocycles. The molecule has 3 aromatic rings. The Morgan fingerprint density at radius 2 is 1.35 bits per heavy atom. The average molecular weight is 936 g/mol. The monoisotopic (exact) mass is 935 g/mol. The van der Waals surface area contributed by atoms with Crippen LogP contribution in [0.1, 0.15) is 29.7 Å². The Bertz CT molecular complexity index is 2230. The van der Waals surface area contributed by atoms with Gasteiger partial charge in [0, 0.05) is 18.2 Å². The molecule has 7 rings (SSSR count).